The molecule has 1 saturated heterocycles. The molecule has 0 unspecified atom stereocenters. The molecule has 0 aliphatic carbocycles. The van der Waals surface area contributed by atoms with Gasteiger partial charge in [0.1, 0.15) is 16.8 Å². The van der Waals surface area contributed by atoms with Crippen LogP contribution in [-0.4, -0.2) is 28.1 Å². The Labute approximate surface area is 227 Å². The summed E-state index contributed by atoms with van der Waals surface area (Å²) in [5.41, 5.74) is 6.28. The van der Waals surface area contributed by atoms with Gasteiger partial charge in [0.15, 0.2) is 0 Å². The molecule has 3 aromatic carbocycles. The first-order chi connectivity index (χ1) is 18.4. The molecule has 0 bridgehead atoms. The number of nitrogens with zero attached hydrogens (tertiary/aromatic N) is 3. The lowest BCUT2D eigenvalue weighted by Crippen LogP contribution is -2.50. The monoisotopic (exact) mass is 539 g/mol. The second kappa shape index (κ2) is 9.67. The highest BCUT2D eigenvalue weighted by Gasteiger charge is 2.33. The number of hydrogen-bond acceptors (Lipinski definition) is 5. The highest BCUT2D eigenvalue weighted by molar-refractivity contribution is 7.98. The predicted molar refractivity (Wildman–Crippen MR) is 151 cm³/mol. The topological polar surface area (TPSA) is 69.3 Å². The van der Waals surface area contributed by atoms with Crippen LogP contribution in [0.4, 0.5) is 10.1 Å². The van der Waals surface area contributed by atoms with Crippen molar-refractivity contribution in [3.05, 3.63) is 94.4 Å². The number of halogens is 1. The van der Waals surface area contributed by atoms with E-state index >= 15 is 0 Å². The molecule has 38 heavy (non-hydrogen) atoms. The van der Waals surface area contributed by atoms with Crippen molar-refractivity contribution in [3.63, 3.8) is 0 Å². The second-order valence-corrected chi connectivity index (χ2v) is 11.3. The van der Waals surface area contributed by atoms with E-state index in [1.54, 1.807) is 18.0 Å². The fourth-order valence-electron chi connectivity index (χ4n) is 4.86. The number of aromatic nitrogens is 1. The van der Waals surface area contributed by atoms with E-state index in [2.05, 4.69) is 40.4 Å². The molecule has 5 aromatic rings. The van der Waals surface area contributed by atoms with E-state index in [0.717, 1.165) is 49.4 Å². The van der Waals surface area contributed by atoms with Crippen molar-refractivity contribution in [1.29, 1.82) is 5.26 Å². The third-order valence-corrected chi connectivity index (χ3v) is 8.72. The molecule has 1 fully saturated rings. The Morgan fingerprint density at radius 2 is 1.89 bits per heavy atom. The van der Waals surface area contributed by atoms with Crippen LogP contribution in [0.15, 0.2) is 83.1 Å². The van der Waals surface area contributed by atoms with Gasteiger partial charge in [-0.2, -0.15) is 5.26 Å². The number of benzene rings is 3. The number of aliphatic carboxylic acids is 1. The van der Waals surface area contributed by atoms with Gasteiger partial charge in [-0.15, -0.1) is 11.3 Å². The van der Waals surface area contributed by atoms with Crippen LogP contribution in [0.3, 0.4) is 0 Å². The summed E-state index contributed by atoms with van der Waals surface area (Å²) >= 11 is 2.91. The van der Waals surface area contributed by atoms with Gasteiger partial charge in [-0.05, 0) is 72.8 Å². The molecule has 0 radical (unpaired) electrons. The van der Waals surface area contributed by atoms with Gasteiger partial charge >= 0.3 is 5.97 Å². The van der Waals surface area contributed by atoms with Crippen molar-refractivity contribution in [2.45, 2.75) is 11.8 Å². The molecule has 1 N–H and O–H groups in total. The van der Waals surface area contributed by atoms with Crippen molar-refractivity contribution in [2.24, 2.45) is 5.92 Å². The molecule has 0 saturated carbocycles. The first-order valence-corrected chi connectivity index (χ1v) is 13.7. The molecule has 5 nitrogen and oxygen atoms in total. The summed E-state index contributed by atoms with van der Waals surface area (Å²) < 4.78 is 16.8. The third kappa shape index (κ3) is 4.24. The van der Waals surface area contributed by atoms with Crippen LogP contribution >= 0.6 is 23.3 Å². The Morgan fingerprint density at radius 3 is 2.63 bits per heavy atom. The van der Waals surface area contributed by atoms with Crippen LogP contribution in [-0.2, 0) is 4.79 Å². The number of fused-ring (bicyclic) bond motifs is 1. The fourth-order valence-corrected chi connectivity index (χ4v) is 6.56. The molecule has 3 heterocycles. The largest absolute Gasteiger partial charge is 0.481 e. The molecule has 8 heteroatoms. The third-order valence-electron chi connectivity index (χ3n) is 6.86. The molecule has 6 rings (SSSR count). The van der Waals surface area contributed by atoms with Gasteiger partial charge in [0.2, 0.25) is 0 Å². The van der Waals surface area contributed by atoms with Gasteiger partial charge in [0.05, 0.1) is 17.1 Å². The maximum Gasteiger partial charge on any atom is 0.310 e. The van der Waals surface area contributed by atoms with Gasteiger partial charge < -0.3 is 10.0 Å². The second-order valence-electron chi connectivity index (χ2n) is 9.35. The smallest absolute Gasteiger partial charge is 0.310 e. The Kier molecular flexibility index (Phi) is 6.18. The van der Waals surface area contributed by atoms with Crippen molar-refractivity contribution >= 4 is 45.8 Å². The summed E-state index contributed by atoms with van der Waals surface area (Å²) in [6.45, 7) is 2.96. The summed E-state index contributed by atoms with van der Waals surface area (Å²) in [4.78, 5) is 15.0. The molecule has 1 aliphatic rings. The summed E-state index contributed by atoms with van der Waals surface area (Å²) in [5.74, 6) is -1.49. The van der Waals surface area contributed by atoms with Crippen molar-refractivity contribution in [1.82, 2.24) is 3.97 Å². The minimum absolute atomic E-state index is 0.342. The van der Waals surface area contributed by atoms with Gasteiger partial charge in [-0.3, -0.25) is 8.77 Å². The number of anilines is 1. The van der Waals surface area contributed by atoms with Gasteiger partial charge in [-0.25, -0.2) is 4.39 Å². The summed E-state index contributed by atoms with van der Waals surface area (Å²) in [7, 11) is 0. The number of rotatable bonds is 6. The normalized spacial score (nSPS) is 13.4. The standard InChI is InChI=1S/C30H22FN3O2S2/c1-18-5-8-23(9-6-18)38-34-26-10-7-21(31)14-25(26)28(24-11-12-37-27(24)15-32)29(34)19-3-2-4-22(13-19)33-16-20(17-33)30(35)36/h2-14,20H,16-17H2,1H3,(H,35,36). The number of nitriles is 1. The average molecular weight is 540 g/mol. The molecule has 188 valence electrons. The first kappa shape index (κ1) is 24.3. The van der Waals surface area contributed by atoms with Crippen molar-refractivity contribution < 1.29 is 14.3 Å². The van der Waals surface area contributed by atoms with Crippen LogP contribution in [0, 0.1) is 30.0 Å². The fraction of sp³-hybridized carbons (Fsp3) is 0.133. The molecule has 2 aromatic heterocycles. The number of thiophene rings is 1. The zero-order valence-corrected chi connectivity index (χ0v) is 22.0. The van der Waals surface area contributed by atoms with E-state index in [9.17, 15) is 19.6 Å². The molecule has 0 spiro atoms. The van der Waals surface area contributed by atoms with E-state index in [-0.39, 0.29) is 11.7 Å². The van der Waals surface area contributed by atoms with Gasteiger partial charge in [-0.1, -0.05) is 29.8 Å². The van der Waals surface area contributed by atoms with E-state index in [1.165, 1.54) is 23.5 Å². The molecular weight excluding hydrogens is 517 g/mol. The average Bonchev–Trinajstić information content (AvgIpc) is 3.46. The Morgan fingerprint density at radius 1 is 1.11 bits per heavy atom. The molecule has 0 amide bonds. The lowest BCUT2D eigenvalue weighted by atomic mass is 9.96. The minimum Gasteiger partial charge on any atom is -0.481 e. The highest BCUT2D eigenvalue weighted by Crippen LogP contribution is 2.47. The summed E-state index contributed by atoms with van der Waals surface area (Å²) in [5, 5.41) is 21.8. The molecule has 1 aliphatic heterocycles. The van der Waals surface area contributed by atoms with Gasteiger partial charge in [0, 0.05) is 45.7 Å². The number of carboxylic acid groups (broad SMARTS) is 1. The SMILES string of the molecule is Cc1ccc(Sn2c(-c3cccc(N4CC(C(=O)O)C4)c3)c(-c3ccsc3C#N)c3cc(F)ccc32)cc1. The lowest BCUT2D eigenvalue weighted by molar-refractivity contribution is -0.142. The number of hydrogen-bond donors (Lipinski definition) is 1. The maximum absolute atomic E-state index is 14.6. The Balaban J connectivity index is 1.59. The Bertz CT molecular complexity index is 1730. The number of aryl methyl sites for hydroxylation is 1. The molecular formula is C30H22FN3O2S2. The van der Waals surface area contributed by atoms with Crippen LogP contribution in [0.5, 0.6) is 0 Å². The predicted octanol–water partition coefficient (Wildman–Crippen LogP) is 7.43. The van der Waals surface area contributed by atoms with Gasteiger partial charge in [0.25, 0.3) is 0 Å². The molecule has 0 atom stereocenters. The first-order valence-electron chi connectivity index (χ1n) is 12.1. The van der Waals surface area contributed by atoms with E-state index in [1.807, 2.05) is 41.5 Å². The van der Waals surface area contributed by atoms with E-state index in [4.69, 9.17) is 0 Å². The Hall–Kier alpha value is -4.06. The van der Waals surface area contributed by atoms with Crippen molar-refractivity contribution in [2.75, 3.05) is 18.0 Å². The van der Waals surface area contributed by atoms with E-state index in [0.29, 0.717) is 18.0 Å². The van der Waals surface area contributed by atoms with Crippen LogP contribution in [0.25, 0.3) is 33.3 Å². The number of carbonyl (C=O) groups is 1. The highest BCUT2D eigenvalue weighted by atomic mass is 32.2. The minimum atomic E-state index is -0.780. The van der Waals surface area contributed by atoms with Crippen LogP contribution in [0.2, 0.25) is 0 Å². The van der Waals surface area contributed by atoms with E-state index < -0.39 is 5.97 Å². The summed E-state index contributed by atoms with van der Waals surface area (Å²) in [6, 6.07) is 25.3. The summed E-state index contributed by atoms with van der Waals surface area (Å²) in [6.07, 6.45) is 0. The van der Waals surface area contributed by atoms with Crippen LogP contribution in [0.1, 0.15) is 10.4 Å². The van der Waals surface area contributed by atoms with Crippen molar-refractivity contribution in [3.8, 4) is 28.5 Å². The lowest BCUT2D eigenvalue weighted by Gasteiger charge is -2.38. The number of carboxylic acids is 1. The zero-order valence-electron chi connectivity index (χ0n) is 20.4. The zero-order chi connectivity index (χ0) is 26.4. The van der Waals surface area contributed by atoms with Crippen LogP contribution < -0.4 is 4.90 Å². The quantitative estimate of drug-likeness (QED) is 0.243. The maximum atomic E-state index is 14.6.